The molecule has 1 aromatic rings. The summed E-state index contributed by atoms with van der Waals surface area (Å²) in [4.78, 5) is 19.4. The Balaban J connectivity index is 1.52. The second-order valence-corrected chi connectivity index (χ2v) is 7.32. The lowest BCUT2D eigenvalue weighted by Crippen LogP contribution is -2.31. The number of carbonyl (C=O) groups excluding carboxylic acids is 1. The lowest BCUT2D eigenvalue weighted by molar-refractivity contribution is -0.127. The molecule has 2 atom stereocenters. The van der Waals surface area contributed by atoms with Gasteiger partial charge in [0.15, 0.2) is 5.82 Å². The molecule has 1 N–H and O–H groups in total. The van der Waals surface area contributed by atoms with E-state index in [1.54, 1.807) is 7.11 Å². The van der Waals surface area contributed by atoms with Gasteiger partial charge in [-0.2, -0.15) is 5.10 Å². The number of hydrogen-bond donors (Lipinski definition) is 1. The van der Waals surface area contributed by atoms with Gasteiger partial charge in [-0.15, -0.1) is 0 Å². The number of aromatic nitrogens is 3. The van der Waals surface area contributed by atoms with Gasteiger partial charge in [-0.3, -0.25) is 9.89 Å². The average molecular weight is 330 g/mol. The minimum Gasteiger partial charge on any atom is -0.380 e. The van der Waals surface area contributed by atoms with E-state index < -0.39 is 0 Å². The van der Waals surface area contributed by atoms with Crippen molar-refractivity contribution in [2.45, 2.75) is 69.4 Å². The number of carbonyl (C=O) groups is 1. The summed E-state index contributed by atoms with van der Waals surface area (Å²) < 4.78 is 5.52. The fraction of sp³-hybridized carbons (Fsp3) is 0.722. The van der Waals surface area contributed by atoms with Crippen LogP contribution in [0.15, 0.2) is 11.6 Å². The highest BCUT2D eigenvalue weighted by Gasteiger charge is 2.38. The molecule has 0 spiro atoms. The van der Waals surface area contributed by atoms with Gasteiger partial charge in [0.05, 0.1) is 12.1 Å². The number of methoxy groups -OCH3 is 1. The van der Waals surface area contributed by atoms with E-state index in [2.05, 4.69) is 15.2 Å². The topological polar surface area (TPSA) is 71.1 Å². The highest BCUT2D eigenvalue weighted by atomic mass is 16.5. The zero-order valence-corrected chi connectivity index (χ0v) is 14.3. The molecule has 1 aromatic heterocycles. The number of likely N-dealkylation sites (tertiary alicyclic amines) is 1. The first-order valence-corrected chi connectivity index (χ1v) is 9.19. The molecule has 130 valence electrons. The molecule has 3 fully saturated rings. The summed E-state index contributed by atoms with van der Waals surface area (Å²) in [7, 11) is 1.71. The first-order valence-electron chi connectivity index (χ1n) is 9.19. The minimum atomic E-state index is -0.0529. The summed E-state index contributed by atoms with van der Waals surface area (Å²) in [5.41, 5.74) is 1.29. The van der Waals surface area contributed by atoms with Crippen molar-refractivity contribution >= 4 is 5.91 Å². The quantitative estimate of drug-likeness (QED) is 0.862. The Kier molecular flexibility index (Phi) is 4.39. The Morgan fingerprint density at radius 1 is 1.29 bits per heavy atom. The molecular weight excluding hydrogens is 304 g/mol. The number of allylic oxidation sites excluding steroid dienone is 1. The van der Waals surface area contributed by atoms with Gasteiger partial charge in [-0.1, -0.05) is 12.0 Å². The summed E-state index contributed by atoms with van der Waals surface area (Å²) in [6.45, 7) is 0.628. The molecule has 24 heavy (non-hydrogen) atoms. The number of ether oxygens (including phenoxy) is 1. The van der Waals surface area contributed by atoms with E-state index in [1.807, 2.05) is 11.0 Å². The standard InChI is InChI=1S/C18H26N4O2/c1-24-14-10-15(18-19-17(20-21-18)13-7-8-13)22(11-14)16(23)9-12-5-3-2-4-6-12/h9,13-15H,2-8,10-11H2,1H3,(H,19,20,21)/t14-,15+/m1/s1. The van der Waals surface area contributed by atoms with Crippen LogP contribution in [-0.2, 0) is 9.53 Å². The lowest BCUT2D eigenvalue weighted by atomic mass is 9.94. The maximum atomic E-state index is 12.8. The number of hydrogen-bond acceptors (Lipinski definition) is 4. The first kappa shape index (κ1) is 15.8. The minimum absolute atomic E-state index is 0.0529. The van der Waals surface area contributed by atoms with Crippen LogP contribution in [0.4, 0.5) is 0 Å². The molecule has 2 aliphatic carbocycles. The number of nitrogens with one attached hydrogen (secondary N) is 1. The van der Waals surface area contributed by atoms with Gasteiger partial charge in [0.2, 0.25) is 5.91 Å². The fourth-order valence-electron chi connectivity index (χ4n) is 3.84. The molecule has 1 amide bonds. The van der Waals surface area contributed by atoms with Crippen LogP contribution in [-0.4, -0.2) is 45.7 Å². The largest absolute Gasteiger partial charge is 0.380 e. The fourth-order valence-corrected chi connectivity index (χ4v) is 3.84. The Bertz CT molecular complexity index is 627. The molecule has 1 aliphatic heterocycles. The SMILES string of the molecule is CO[C@@H]1C[C@@H](c2nc(C3CC3)n[nH]2)N(C(=O)C=C2CCCCC2)C1. The van der Waals surface area contributed by atoms with Crippen molar-refractivity contribution in [3.8, 4) is 0 Å². The van der Waals surface area contributed by atoms with Gasteiger partial charge in [-0.25, -0.2) is 4.98 Å². The lowest BCUT2D eigenvalue weighted by Gasteiger charge is -2.22. The van der Waals surface area contributed by atoms with Crippen LogP contribution < -0.4 is 0 Å². The van der Waals surface area contributed by atoms with Gasteiger partial charge in [-0.05, 0) is 38.5 Å². The Morgan fingerprint density at radius 2 is 2.08 bits per heavy atom. The van der Waals surface area contributed by atoms with Crippen molar-refractivity contribution in [2.75, 3.05) is 13.7 Å². The molecule has 2 heterocycles. The van der Waals surface area contributed by atoms with Crippen LogP contribution in [0.3, 0.4) is 0 Å². The van der Waals surface area contributed by atoms with Gasteiger partial charge in [0.1, 0.15) is 5.82 Å². The van der Waals surface area contributed by atoms with Crippen LogP contribution >= 0.6 is 0 Å². The van der Waals surface area contributed by atoms with E-state index in [0.717, 1.165) is 30.9 Å². The van der Waals surface area contributed by atoms with Crippen molar-refractivity contribution in [3.63, 3.8) is 0 Å². The number of amides is 1. The molecule has 0 bridgehead atoms. The van der Waals surface area contributed by atoms with Gasteiger partial charge in [0, 0.05) is 32.1 Å². The van der Waals surface area contributed by atoms with Gasteiger partial charge >= 0.3 is 0 Å². The number of H-pyrrole nitrogens is 1. The van der Waals surface area contributed by atoms with Crippen molar-refractivity contribution < 1.29 is 9.53 Å². The zero-order valence-electron chi connectivity index (χ0n) is 14.3. The van der Waals surface area contributed by atoms with E-state index in [0.29, 0.717) is 12.5 Å². The molecule has 4 rings (SSSR count). The van der Waals surface area contributed by atoms with Gasteiger partial charge < -0.3 is 9.64 Å². The number of nitrogens with zero attached hydrogens (tertiary/aromatic N) is 3. The summed E-state index contributed by atoms with van der Waals surface area (Å²) >= 11 is 0. The third kappa shape index (κ3) is 3.24. The van der Waals surface area contributed by atoms with E-state index >= 15 is 0 Å². The summed E-state index contributed by atoms with van der Waals surface area (Å²) in [6.07, 6.45) is 10.9. The highest BCUT2D eigenvalue weighted by molar-refractivity contribution is 5.89. The van der Waals surface area contributed by atoms with Crippen LogP contribution in [0.1, 0.15) is 75.0 Å². The zero-order chi connectivity index (χ0) is 16.5. The normalized spacial score (nSPS) is 27.5. The molecule has 2 saturated carbocycles. The van der Waals surface area contributed by atoms with E-state index in [1.165, 1.54) is 37.7 Å². The van der Waals surface area contributed by atoms with Gasteiger partial charge in [0.25, 0.3) is 0 Å². The molecule has 1 saturated heterocycles. The van der Waals surface area contributed by atoms with Crippen LogP contribution in [0, 0.1) is 0 Å². The molecule has 6 heteroatoms. The predicted molar refractivity (Wildman–Crippen MR) is 89.4 cm³/mol. The number of rotatable bonds is 4. The van der Waals surface area contributed by atoms with Crippen molar-refractivity contribution in [1.82, 2.24) is 20.1 Å². The smallest absolute Gasteiger partial charge is 0.247 e. The maximum Gasteiger partial charge on any atom is 0.247 e. The Morgan fingerprint density at radius 3 is 2.79 bits per heavy atom. The summed E-state index contributed by atoms with van der Waals surface area (Å²) in [6, 6.07) is -0.0529. The molecule has 6 nitrogen and oxygen atoms in total. The second-order valence-electron chi connectivity index (χ2n) is 7.32. The van der Waals surface area contributed by atoms with E-state index in [4.69, 9.17) is 4.74 Å². The average Bonchev–Trinajstić information content (AvgIpc) is 3.18. The van der Waals surface area contributed by atoms with Crippen molar-refractivity contribution in [2.24, 2.45) is 0 Å². The molecule has 0 unspecified atom stereocenters. The Hall–Kier alpha value is -1.69. The number of aromatic amines is 1. The van der Waals surface area contributed by atoms with E-state index in [9.17, 15) is 4.79 Å². The molecule has 0 aromatic carbocycles. The third-order valence-corrected chi connectivity index (χ3v) is 5.48. The Labute approximate surface area is 142 Å². The second kappa shape index (κ2) is 6.67. The maximum absolute atomic E-state index is 12.8. The van der Waals surface area contributed by atoms with Crippen LogP contribution in [0.5, 0.6) is 0 Å². The molecule has 0 radical (unpaired) electrons. The predicted octanol–water partition coefficient (Wildman–Crippen LogP) is 2.86. The summed E-state index contributed by atoms with van der Waals surface area (Å²) in [5.74, 6) is 2.33. The highest BCUT2D eigenvalue weighted by Crippen LogP contribution is 2.39. The first-order chi connectivity index (χ1) is 11.7. The summed E-state index contributed by atoms with van der Waals surface area (Å²) in [5, 5.41) is 7.42. The molecule has 3 aliphatic rings. The van der Waals surface area contributed by atoms with E-state index in [-0.39, 0.29) is 18.1 Å². The van der Waals surface area contributed by atoms with Crippen molar-refractivity contribution in [1.29, 1.82) is 0 Å². The third-order valence-electron chi connectivity index (χ3n) is 5.48. The molecular formula is C18H26N4O2. The monoisotopic (exact) mass is 330 g/mol. The van der Waals surface area contributed by atoms with Crippen LogP contribution in [0.25, 0.3) is 0 Å². The van der Waals surface area contributed by atoms with Crippen LogP contribution in [0.2, 0.25) is 0 Å². The van der Waals surface area contributed by atoms with Crippen molar-refractivity contribution in [3.05, 3.63) is 23.3 Å².